The normalized spacial score (nSPS) is 18.5. The zero-order valence-electron chi connectivity index (χ0n) is 11.2. The lowest BCUT2D eigenvalue weighted by atomic mass is 10.2. The molecule has 2 heterocycles. The van der Waals surface area contributed by atoms with Crippen molar-refractivity contribution in [3.8, 4) is 17.1 Å². The molecule has 1 atom stereocenters. The van der Waals surface area contributed by atoms with E-state index in [2.05, 4.69) is 19.9 Å². The number of halogens is 2. The van der Waals surface area contributed by atoms with Gasteiger partial charge < -0.3 is 15.4 Å². The Labute approximate surface area is 119 Å². The van der Waals surface area contributed by atoms with Crippen LogP contribution in [0.4, 0.5) is 14.7 Å². The Morgan fingerprint density at radius 2 is 2.19 bits per heavy atom. The summed E-state index contributed by atoms with van der Waals surface area (Å²) in [6.07, 6.45) is 0.884. The number of benzene rings is 1. The van der Waals surface area contributed by atoms with Crippen molar-refractivity contribution in [1.29, 1.82) is 0 Å². The van der Waals surface area contributed by atoms with Gasteiger partial charge in [0.05, 0.1) is 5.56 Å². The molecule has 1 aliphatic heterocycles. The van der Waals surface area contributed by atoms with Crippen LogP contribution in [0.1, 0.15) is 6.42 Å². The molecule has 1 saturated heterocycles. The van der Waals surface area contributed by atoms with Crippen LogP contribution in [0.5, 0.6) is 5.75 Å². The molecule has 1 aliphatic rings. The number of para-hydroxylation sites is 1. The zero-order chi connectivity index (χ0) is 14.8. The van der Waals surface area contributed by atoms with E-state index in [9.17, 15) is 8.78 Å². The summed E-state index contributed by atoms with van der Waals surface area (Å²) in [7, 11) is 0. The lowest BCUT2D eigenvalue weighted by Gasteiger charge is -2.12. The van der Waals surface area contributed by atoms with Gasteiger partial charge in [0.25, 0.3) is 0 Å². The Kier molecular flexibility index (Phi) is 3.70. The van der Waals surface area contributed by atoms with Gasteiger partial charge in [-0.1, -0.05) is 12.1 Å². The van der Waals surface area contributed by atoms with E-state index in [4.69, 9.17) is 5.73 Å². The van der Waals surface area contributed by atoms with Crippen molar-refractivity contribution < 1.29 is 13.5 Å². The van der Waals surface area contributed by atoms with Gasteiger partial charge in [-0.15, -0.1) is 5.10 Å². The lowest BCUT2D eigenvalue weighted by Crippen LogP contribution is -2.26. The molecular formula is C13H15F2N5O. The first kappa shape index (κ1) is 13.7. The average Bonchev–Trinajstić information content (AvgIpc) is 3.07. The van der Waals surface area contributed by atoms with E-state index in [0.29, 0.717) is 23.9 Å². The molecule has 0 saturated carbocycles. The minimum absolute atomic E-state index is 0.0633. The molecule has 0 radical (unpaired) electrons. The Morgan fingerprint density at radius 1 is 1.38 bits per heavy atom. The predicted octanol–water partition coefficient (Wildman–Crippen LogP) is 1.61. The maximum atomic E-state index is 12.4. The molecule has 0 bridgehead atoms. The quantitative estimate of drug-likeness (QED) is 0.895. The molecule has 21 heavy (non-hydrogen) atoms. The van der Waals surface area contributed by atoms with Crippen LogP contribution in [-0.2, 0) is 0 Å². The Morgan fingerprint density at radius 3 is 2.90 bits per heavy atom. The van der Waals surface area contributed by atoms with E-state index in [1.54, 1.807) is 18.2 Å². The maximum absolute atomic E-state index is 12.4. The number of aromatic nitrogens is 3. The number of alkyl halides is 2. The van der Waals surface area contributed by atoms with Gasteiger partial charge in [-0.2, -0.15) is 13.8 Å². The summed E-state index contributed by atoms with van der Waals surface area (Å²) in [5, 5.41) is 6.88. The number of nitrogens with two attached hydrogens (primary N) is 1. The van der Waals surface area contributed by atoms with E-state index >= 15 is 0 Å². The number of aromatic amines is 1. The van der Waals surface area contributed by atoms with Crippen LogP contribution in [0.2, 0.25) is 0 Å². The van der Waals surface area contributed by atoms with Crippen molar-refractivity contribution in [2.45, 2.75) is 19.1 Å². The minimum atomic E-state index is -2.88. The van der Waals surface area contributed by atoms with Gasteiger partial charge in [-0.3, -0.25) is 5.10 Å². The maximum Gasteiger partial charge on any atom is 0.387 e. The zero-order valence-corrected chi connectivity index (χ0v) is 11.2. The third-order valence-electron chi connectivity index (χ3n) is 3.34. The number of hydrogen-bond acceptors (Lipinski definition) is 5. The molecule has 0 amide bonds. The summed E-state index contributed by atoms with van der Waals surface area (Å²) < 4.78 is 29.3. The number of H-pyrrole nitrogens is 1. The summed E-state index contributed by atoms with van der Waals surface area (Å²) in [5.41, 5.74) is 6.29. The van der Waals surface area contributed by atoms with Gasteiger partial charge >= 0.3 is 6.61 Å². The Balaban J connectivity index is 1.86. The number of rotatable bonds is 4. The number of nitrogens with zero attached hydrogens (tertiary/aromatic N) is 3. The van der Waals surface area contributed by atoms with Gasteiger partial charge in [0, 0.05) is 19.1 Å². The first-order valence-electron chi connectivity index (χ1n) is 6.60. The third-order valence-corrected chi connectivity index (χ3v) is 3.34. The highest BCUT2D eigenvalue weighted by Gasteiger charge is 2.23. The summed E-state index contributed by atoms with van der Waals surface area (Å²) in [6, 6.07) is 6.58. The van der Waals surface area contributed by atoms with Crippen molar-refractivity contribution in [1.82, 2.24) is 15.2 Å². The smallest absolute Gasteiger partial charge is 0.387 e. The fraction of sp³-hybridized carbons (Fsp3) is 0.385. The summed E-state index contributed by atoms with van der Waals surface area (Å²) >= 11 is 0. The van der Waals surface area contributed by atoms with Gasteiger partial charge in [0.15, 0.2) is 5.82 Å². The fourth-order valence-electron chi connectivity index (χ4n) is 2.34. The molecule has 1 fully saturated rings. The molecular weight excluding hydrogens is 280 g/mol. The number of nitrogens with one attached hydrogen (secondary N) is 1. The summed E-state index contributed by atoms with van der Waals surface area (Å²) in [6.45, 7) is -1.41. The summed E-state index contributed by atoms with van der Waals surface area (Å²) in [4.78, 5) is 6.30. The molecule has 1 unspecified atom stereocenters. The van der Waals surface area contributed by atoms with Crippen LogP contribution < -0.4 is 15.4 Å². The van der Waals surface area contributed by atoms with Crippen LogP contribution >= 0.6 is 0 Å². The third kappa shape index (κ3) is 2.94. The van der Waals surface area contributed by atoms with Crippen LogP contribution in [0.25, 0.3) is 11.4 Å². The van der Waals surface area contributed by atoms with Gasteiger partial charge in [0.1, 0.15) is 5.75 Å². The highest BCUT2D eigenvalue weighted by Crippen LogP contribution is 2.29. The monoisotopic (exact) mass is 295 g/mol. The molecule has 6 nitrogen and oxygen atoms in total. The first-order valence-corrected chi connectivity index (χ1v) is 6.60. The SMILES string of the molecule is NC1CCN(c2n[nH]c(-c3ccccc3OC(F)F)n2)C1. The van der Waals surface area contributed by atoms with Crippen molar-refractivity contribution in [2.75, 3.05) is 18.0 Å². The minimum Gasteiger partial charge on any atom is -0.434 e. The van der Waals surface area contributed by atoms with Crippen LogP contribution in [0, 0.1) is 0 Å². The molecule has 3 N–H and O–H groups in total. The van der Waals surface area contributed by atoms with Gasteiger partial charge in [0.2, 0.25) is 5.95 Å². The molecule has 0 spiro atoms. The van der Waals surface area contributed by atoms with Crippen molar-refractivity contribution >= 4 is 5.95 Å². The lowest BCUT2D eigenvalue weighted by molar-refractivity contribution is -0.0494. The van der Waals surface area contributed by atoms with Gasteiger partial charge in [-0.25, -0.2) is 0 Å². The largest absolute Gasteiger partial charge is 0.434 e. The van der Waals surface area contributed by atoms with E-state index in [0.717, 1.165) is 13.0 Å². The molecule has 112 valence electrons. The van der Waals surface area contributed by atoms with Crippen LogP contribution in [0.3, 0.4) is 0 Å². The standard InChI is InChI=1S/C13H15F2N5O/c14-12(15)21-10-4-2-1-3-9(10)11-17-13(19-18-11)20-6-5-8(16)7-20/h1-4,8,12H,5-7,16H2,(H,17,18,19). The predicted molar refractivity (Wildman–Crippen MR) is 73.3 cm³/mol. The number of anilines is 1. The second kappa shape index (κ2) is 5.65. The molecule has 0 aliphatic carbocycles. The van der Waals surface area contributed by atoms with Crippen LogP contribution in [-0.4, -0.2) is 40.9 Å². The van der Waals surface area contributed by atoms with Crippen molar-refractivity contribution in [3.05, 3.63) is 24.3 Å². The van der Waals surface area contributed by atoms with Gasteiger partial charge in [-0.05, 0) is 18.6 Å². The fourth-order valence-corrected chi connectivity index (χ4v) is 2.34. The average molecular weight is 295 g/mol. The molecule has 2 aromatic rings. The summed E-state index contributed by atoms with van der Waals surface area (Å²) in [5.74, 6) is 0.972. The highest BCUT2D eigenvalue weighted by atomic mass is 19.3. The van der Waals surface area contributed by atoms with Crippen molar-refractivity contribution in [3.63, 3.8) is 0 Å². The second-order valence-corrected chi connectivity index (χ2v) is 4.85. The highest BCUT2D eigenvalue weighted by molar-refractivity contribution is 5.64. The Hall–Kier alpha value is -2.22. The van der Waals surface area contributed by atoms with Crippen molar-refractivity contribution in [2.24, 2.45) is 5.73 Å². The van der Waals surface area contributed by atoms with E-state index in [-0.39, 0.29) is 11.8 Å². The van der Waals surface area contributed by atoms with Crippen LogP contribution in [0.15, 0.2) is 24.3 Å². The number of ether oxygens (including phenoxy) is 1. The Bertz CT molecular complexity index is 618. The second-order valence-electron chi connectivity index (χ2n) is 4.85. The first-order chi connectivity index (χ1) is 10.1. The molecule has 1 aromatic heterocycles. The van der Waals surface area contributed by atoms with E-state index in [1.807, 2.05) is 4.90 Å². The molecule has 8 heteroatoms. The molecule has 1 aromatic carbocycles. The number of hydrogen-bond donors (Lipinski definition) is 2. The topological polar surface area (TPSA) is 80.1 Å². The van der Waals surface area contributed by atoms with E-state index in [1.165, 1.54) is 6.07 Å². The molecule has 3 rings (SSSR count). The van der Waals surface area contributed by atoms with E-state index < -0.39 is 6.61 Å².